The summed E-state index contributed by atoms with van der Waals surface area (Å²) in [5.74, 6) is 1.69. The predicted molar refractivity (Wildman–Crippen MR) is 57.7 cm³/mol. The normalized spacial score (nSPS) is 33.5. The first-order valence-corrected chi connectivity index (χ1v) is 5.26. The largest absolute Gasteiger partial charge is 0.366 e. The second-order valence-corrected chi connectivity index (χ2v) is 4.59. The number of fused-ring (bicyclic) bond motifs is 1. The van der Waals surface area contributed by atoms with Gasteiger partial charge in [-0.3, -0.25) is 0 Å². The van der Waals surface area contributed by atoms with Gasteiger partial charge in [0.1, 0.15) is 0 Å². The minimum atomic E-state index is 0.844. The molecule has 13 heavy (non-hydrogen) atoms. The zero-order chi connectivity index (χ0) is 9.42. The summed E-state index contributed by atoms with van der Waals surface area (Å²) >= 11 is 5.22. The molecule has 0 spiro atoms. The first-order chi connectivity index (χ1) is 6.20. The topological polar surface area (TPSA) is 18.5 Å². The molecule has 0 bridgehead atoms. The van der Waals surface area contributed by atoms with E-state index in [9.17, 15) is 0 Å². The van der Waals surface area contributed by atoms with E-state index in [2.05, 4.69) is 22.2 Å². The van der Waals surface area contributed by atoms with E-state index in [0.717, 1.165) is 30.0 Å². The van der Waals surface area contributed by atoms with Crippen molar-refractivity contribution >= 4 is 17.3 Å². The third kappa shape index (κ3) is 1.65. The second kappa shape index (κ2) is 3.42. The Kier molecular flexibility index (Phi) is 2.43. The quantitative estimate of drug-likeness (QED) is 0.553. The van der Waals surface area contributed by atoms with E-state index >= 15 is 0 Å². The van der Waals surface area contributed by atoms with Crippen molar-refractivity contribution in [3.05, 3.63) is 0 Å². The van der Waals surface area contributed by atoms with Gasteiger partial charge in [0.2, 0.25) is 0 Å². The van der Waals surface area contributed by atoms with Gasteiger partial charge in [0.05, 0.1) is 0 Å². The van der Waals surface area contributed by atoms with Gasteiger partial charge >= 0.3 is 0 Å². The molecule has 0 aromatic rings. The van der Waals surface area contributed by atoms with Crippen LogP contribution in [-0.4, -0.2) is 55.2 Å². The Bertz CT molecular complexity index is 205. The molecule has 0 radical (unpaired) electrons. The Morgan fingerprint density at radius 2 is 1.77 bits per heavy atom. The van der Waals surface area contributed by atoms with Crippen molar-refractivity contribution in [1.82, 2.24) is 15.1 Å². The summed E-state index contributed by atoms with van der Waals surface area (Å²) in [4.78, 5) is 4.73. The van der Waals surface area contributed by atoms with Crippen LogP contribution in [0.5, 0.6) is 0 Å². The van der Waals surface area contributed by atoms with Crippen molar-refractivity contribution in [2.45, 2.75) is 0 Å². The summed E-state index contributed by atoms with van der Waals surface area (Å²) < 4.78 is 0. The number of nitrogens with zero attached hydrogens (tertiary/aromatic N) is 2. The summed E-state index contributed by atoms with van der Waals surface area (Å²) in [6, 6.07) is 0. The Labute approximate surface area is 85.1 Å². The zero-order valence-electron chi connectivity index (χ0n) is 8.29. The summed E-state index contributed by atoms with van der Waals surface area (Å²) in [5, 5.41) is 3.97. The Balaban J connectivity index is 1.93. The highest BCUT2D eigenvalue weighted by Gasteiger charge is 2.39. The lowest BCUT2D eigenvalue weighted by molar-refractivity contribution is 0.347. The van der Waals surface area contributed by atoms with Gasteiger partial charge in [0.25, 0.3) is 0 Å². The van der Waals surface area contributed by atoms with Crippen LogP contribution in [0.1, 0.15) is 0 Å². The Morgan fingerprint density at radius 1 is 1.23 bits per heavy atom. The maximum Gasteiger partial charge on any atom is 0.168 e. The molecule has 2 fully saturated rings. The molecule has 1 N–H and O–H groups in total. The van der Waals surface area contributed by atoms with Crippen LogP contribution in [0, 0.1) is 11.8 Å². The SMILES string of the molecule is CNC(=S)N1C[C@H]2CN(C)C[C@H]2C1. The van der Waals surface area contributed by atoms with Crippen LogP contribution in [0.4, 0.5) is 0 Å². The third-order valence-electron chi connectivity index (χ3n) is 3.17. The van der Waals surface area contributed by atoms with Crippen LogP contribution >= 0.6 is 12.2 Å². The molecule has 0 aliphatic carbocycles. The van der Waals surface area contributed by atoms with Crippen LogP contribution in [0.15, 0.2) is 0 Å². The molecule has 2 heterocycles. The Morgan fingerprint density at radius 3 is 2.23 bits per heavy atom. The molecule has 0 aromatic carbocycles. The van der Waals surface area contributed by atoms with E-state index in [4.69, 9.17) is 12.2 Å². The molecule has 0 aromatic heterocycles. The maximum atomic E-state index is 5.22. The second-order valence-electron chi connectivity index (χ2n) is 4.20. The molecule has 4 heteroatoms. The standard InChI is InChI=1S/C9H17N3S/c1-10-9(13)12-5-7-3-11(2)4-8(7)6-12/h7-8H,3-6H2,1-2H3,(H,10,13)/t7-,8+. The molecule has 2 saturated heterocycles. The highest BCUT2D eigenvalue weighted by Crippen LogP contribution is 2.29. The Hall–Kier alpha value is -0.350. The van der Waals surface area contributed by atoms with Gasteiger partial charge in [-0.1, -0.05) is 0 Å². The number of thiocarbonyl (C=S) groups is 1. The van der Waals surface area contributed by atoms with Gasteiger partial charge in [-0.25, -0.2) is 0 Å². The summed E-state index contributed by atoms with van der Waals surface area (Å²) in [5.41, 5.74) is 0. The first-order valence-electron chi connectivity index (χ1n) is 4.86. The van der Waals surface area contributed by atoms with Crippen molar-refractivity contribution in [2.24, 2.45) is 11.8 Å². The average molecular weight is 199 g/mol. The van der Waals surface area contributed by atoms with E-state index in [1.54, 1.807) is 0 Å². The lowest BCUT2D eigenvalue weighted by Crippen LogP contribution is -2.38. The average Bonchev–Trinajstić information content (AvgIpc) is 2.59. The van der Waals surface area contributed by atoms with E-state index < -0.39 is 0 Å². The number of rotatable bonds is 0. The molecule has 3 nitrogen and oxygen atoms in total. The molecule has 74 valence electrons. The van der Waals surface area contributed by atoms with Crippen molar-refractivity contribution < 1.29 is 0 Å². The molecular weight excluding hydrogens is 182 g/mol. The van der Waals surface area contributed by atoms with Crippen LogP contribution in [0.2, 0.25) is 0 Å². The molecule has 2 aliphatic heterocycles. The molecule has 0 amide bonds. The van der Waals surface area contributed by atoms with E-state index in [1.807, 2.05) is 7.05 Å². The van der Waals surface area contributed by atoms with E-state index in [0.29, 0.717) is 0 Å². The summed E-state index contributed by atoms with van der Waals surface area (Å²) in [6.45, 7) is 4.78. The fourth-order valence-corrected chi connectivity index (χ4v) is 2.70. The zero-order valence-corrected chi connectivity index (χ0v) is 9.10. The molecular formula is C9H17N3S. The highest BCUT2D eigenvalue weighted by molar-refractivity contribution is 7.80. The minimum absolute atomic E-state index is 0.844. The lowest BCUT2D eigenvalue weighted by Gasteiger charge is -2.21. The van der Waals surface area contributed by atoms with Crippen LogP contribution < -0.4 is 5.32 Å². The number of likely N-dealkylation sites (tertiary alicyclic amines) is 2. The molecule has 0 saturated carbocycles. The van der Waals surface area contributed by atoms with Crippen LogP contribution in [-0.2, 0) is 0 Å². The monoisotopic (exact) mass is 199 g/mol. The van der Waals surface area contributed by atoms with Gasteiger partial charge in [0.15, 0.2) is 5.11 Å². The minimum Gasteiger partial charge on any atom is -0.366 e. The van der Waals surface area contributed by atoms with Crippen LogP contribution in [0.25, 0.3) is 0 Å². The summed E-state index contributed by atoms with van der Waals surface area (Å²) in [6.07, 6.45) is 0. The van der Waals surface area contributed by atoms with Gasteiger partial charge in [-0.05, 0) is 31.1 Å². The maximum absolute atomic E-state index is 5.22. The van der Waals surface area contributed by atoms with Gasteiger partial charge in [-0.15, -0.1) is 0 Å². The predicted octanol–water partition coefficient (Wildman–Crippen LogP) is -0.0159. The van der Waals surface area contributed by atoms with Gasteiger partial charge in [0, 0.05) is 33.2 Å². The molecule has 2 rings (SSSR count). The third-order valence-corrected chi connectivity index (χ3v) is 3.63. The fraction of sp³-hybridized carbons (Fsp3) is 0.889. The van der Waals surface area contributed by atoms with Gasteiger partial charge in [-0.2, -0.15) is 0 Å². The molecule has 2 atom stereocenters. The lowest BCUT2D eigenvalue weighted by atomic mass is 10.0. The van der Waals surface area contributed by atoms with Crippen molar-refractivity contribution in [3.8, 4) is 0 Å². The smallest absolute Gasteiger partial charge is 0.168 e. The molecule has 0 unspecified atom stereocenters. The van der Waals surface area contributed by atoms with E-state index in [-0.39, 0.29) is 0 Å². The number of hydrogen-bond acceptors (Lipinski definition) is 2. The van der Waals surface area contributed by atoms with Crippen molar-refractivity contribution in [3.63, 3.8) is 0 Å². The molecule has 2 aliphatic rings. The van der Waals surface area contributed by atoms with Crippen LogP contribution in [0.3, 0.4) is 0 Å². The summed E-state index contributed by atoms with van der Waals surface area (Å²) in [7, 11) is 4.11. The fourth-order valence-electron chi connectivity index (χ4n) is 2.55. The number of nitrogens with one attached hydrogen (secondary N) is 1. The first kappa shape index (κ1) is 9.21. The van der Waals surface area contributed by atoms with Gasteiger partial charge < -0.3 is 15.1 Å². The highest BCUT2D eigenvalue weighted by atomic mass is 32.1. The van der Waals surface area contributed by atoms with E-state index in [1.165, 1.54) is 13.1 Å². The number of hydrogen-bond donors (Lipinski definition) is 1. The van der Waals surface area contributed by atoms with Crippen molar-refractivity contribution in [2.75, 3.05) is 40.3 Å². The van der Waals surface area contributed by atoms with Crippen molar-refractivity contribution in [1.29, 1.82) is 0 Å².